The molecule has 2 aliphatic heterocycles. The maximum Gasteiger partial charge on any atom is 0.534 e. The topological polar surface area (TPSA) is 99.1 Å². The Bertz CT molecular complexity index is 1140. The third-order valence-electron chi connectivity index (χ3n) is 10.0. The number of ether oxygens (including phenoxy) is 1. The summed E-state index contributed by atoms with van der Waals surface area (Å²) in [5, 5.41) is 11.2. The Morgan fingerprint density at radius 1 is 1.13 bits per heavy atom. The van der Waals surface area contributed by atoms with E-state index in [1.807, 2.05) is 0 Å². The highest BCUT2D eigenvalue weighted by atomic mass is 32.2. The normalized spacial score (nSPS) is 36.5. The second kappa shape index (κ2) is 9.67. The zero-order valence-electron chi connectivity index (χ0n) is 23.7. The van der Waals surface area contributed by atoms with Gasteiger partial charge in [-0.1, -0.05) is 60.6 Å². The van der Waals surface area contributed by atoms with E-state index in [0.717, 1.165) is 0 Å². The molecule has 1 saturated heterocycles. The van der Waals surface area contributed by atoms with E-state index >= 15 is 0 Å². The van der Waals surface area contributed by atoms with Crippen LogP contribution in [0.4, 0.5) is 13.2 Å². The lowest BCUT2D eigenvalue weighted by Gasteiger charge is -2.57. The van der Waals surface area contributed by atoms with Crippen molar-refractivity contribution in [1.82, 2.24) is 0 Å². The van der Waals surface area contributed by atoms with Crippen molar-refractivity contribution in [1.29, 1.82) is 0 Å². The minimum atomic E-state index is -5.84. The van der Waals surface area contributed by atoms with Gasteiger partial charge in [0.15, 0.2) is 14.1 Å². The molecule has 1 saturated carbocycles. The van der Waals surface area contributed by atoms with Crippen LogP contribution >= 0.6 is 0 Å². The minimum absolute atomic E-state index is 0.181. The molecule has 39 heavy (non-hydrogen) atoms. The molecule has 1 spiro atoms. The van der Waals surface area contributed by atoms with Crippen molar-refractivity contribution in [3.8, 4) is 0 Å². The van der Waals surface area contributed by atoms with Crippen molar-refractivity contribution in [3.05, 3.63) is 24.0 Å². The molecule has 0 unspecified atom stereocenters. The lowest BCUT2D eigenvalue weighted by molar-refractivity contribution is -0.238. The number of Topliss-reactive ketones (excluding diaryl/α,β-unsaturated/α-hetero) is 1. The van der Waals surface area contributed by atoms with Crippen molar-refractivity contribution >= 4 is 24.2 Å². The highest BCUT2D eigenvalue weighted by molar-refractivity contribution is 7.87. The number of aliphatic hydroxyl groups excluding tert-OH is 1. The summed E-state index contributed by atoms with van der Waals surface area (Å²) in [5.74, 6) is -1.85. The van der Waals surface area contributed by atoms with Crippen LogP contribution in [-0.4, -0.2) is 57.0 Å². The number of hydrogen-bond donors (Lipinski definition) is 1. The highest BCUT2D eigenvalue weighted by Crippen LogP contribution is 2.65. The molecule has 0 amide bonds. The summed E-state index contributed by atoms with van der Waals surface area (Å²) in [6.07, 6.45) is 4.34. The molecule has 4 rings (SSSR count). The highest BCUT2D eigenvalue weighted by Gasteiger charge is 2.70. The first-order valence-electron chi connectivity index (χ1n) is 13.8. The van der Waals surface area contributed by atoms with E-state index in [-0.39, 0.29) is 43.8 Å². The first-order chi connectivity index (χ1) is 17.8. The van der Waals surface area contributed by atoms with Crippen LogP contribution in [0, 0.1) is 17.3 Å². The number of fused-ring (bicyclic) bond motifs is 2. The number of halogens is 3. The molecule has 2 bridgehead atoms. The van der Waals surface area contributed by atoms with Gasteiger partial charge in [0.2, 0.25) is 0 Å². The van der Waals surface area contributed by atoms with Gasteiger partial charge in [0, 0.05) is 24.4 Å². The van der Waals surface area contributed by atoms with Crippen LogP contribution in [0.5, 0.6) is 0 Å². The van der Waals surface area contributed by atoms with E-state index in [1.165, 1.54) is 6.08 Å². The van der Waals surface area contributed by atoms with Crippen LogP contribution < -0.4 is 0 Å². The maximum atomic E-state index is 13.5. The summed E-state index contributed by atoms with van der Waals surface area (Å²) in [7, 11) is -8.06. The second-order valence-corrected chi connectivity index (χ2v) is 19.8. The average molecular weight is 595 g/mol. The SMILES string of the molecule is CC(C)[Si](OCC[C@@]12C=C[C@@]3(O1)[C@H](CC[C@]1(C)C(OS(=O)(=O)C(F)(F)F)=CC[C@@H]31)C(=O)[C@@H]2O)(C(C)C)C(C)C. The molecule has 0 aromatic carbocycles. The van der Waals surface area contributed by atoms with Gasteiger partial charge in [-0.2, -0.15) is 21.6 Å². The second-order valence-electron chi connectivity index (χ2n) is 12.8. The quantitative estimate of drug-likeness (QED) is 0.157. The smallest absolute Gasteiger partial charge is 0.416 e. The molecule has 7 nitrogen and oxygen atoms in total. The van der Waals surface area contributed by atoms with Crippen molar-refractivity contribution in [2.45, 2.75) is 114 Å². The number of ketones is 1. The Morgan fingerprint density at radius 3 is 2.26 bits per heavy atom. The van der Waals surface area contributed by atoms with Gasteiger partial charge in [-0.25, -0.2) is 0 Å². The first-order valence-corrected chi connectivity index (χ1v) is 17.3. The molecular weight excluding hydrogens is 553 g/mol. The number of carbonyl (C=O) groups is 1. The van der Waals surface area contributed by atoms with Crippen molar-refractivity contribution in [2.75, 3.05) is 6.61 Å². The van der Waals surface area contributed by atoms with Gasteiger partial charge in [0.25, 0.3) is 0 Å². The Morgan fingerprint density at radius 2 is 1.72 bits per heavy atom. The van der Waals surface area contributed by atoms with Crippen LogP contribution in [0.25, 0.3) is 0 Å². The molecule has 2 fully saturated rings. The van der Waals surface area contributed by atoms with Gasteiger partial charge < -0.3 is 18.5 Å². The number of hydrogen-bond acceptors (Lipinski definition) is 7. The van der Waals surface area contributed by atoms with Crippen molar-refractivity contribution in [3.63, 3.8) is 0 Å². The number of rotatable bonds is 9. The largest absolute Gasteiger partial charge is 0.534 e. The van der Waals surface area contributed by atoms with E-state index < -0.39 is 58.5 Å². The number of alkyl halides is 3. The molecule has 6 atom stereocenters. The zero-order chi connectivity index (χ0) is 29.4. The predicted molar refractivity (Wildman–Crippen MR) is 141 cm³/mol. The number of allylic oxidation sites excluding steroid dienone is 2. The van der Waals surface area contributed by atoms with Gasteiger partial charge in [-0.05, 0) is 42.0 Å². The fourth-order valence-electron chi connectivity index (χ4n) is 8.22. The van der Waals surface area contributed by atoms with E-state index in [4.69, 9.17) is 9.16 Å². The van der Waals surface area contributed by atoms with Gasteiger partial charge in [-0.3, -0.25) is 4.79 Å². The molecule has 1 N–H and O–H groups in total. The Hall–Kier alpha value is -1.21. The van der Waals surface area contributed by atoms with Gasteiger partial charge in [-0.15, -0.1) is 0 Å². The summed E-state index contributed by atoms with van der Waals surface area (Å²) in [6, 6.07) is 0. The standard InChI is InChI=1S/C27H41F3O7SSi/c1-16(2)39(17(3)4,18(5)6)35-15-14-25-12-13-26(37-25)19(22(31)23(25)32)10-11-24(7)20(26)8-9-21(24)36-38(33,34)27(28,29)30/h9,12-13,16-20,23,32H,8,10-11,14-15H2,1-7H3/t19-,20-,23+,24+,25-,26-/m1/s1. The third-order valence-corrected chi connectivity index (χ3v) is 17.1. The lowest BCUT2D eigenvalue weighted by Crippen LogP contribution is -2.66. The molecule has 4 aliphatic rings. The van der Waals surface area contributed by atoms with E-state index in [2.05, 4.69) is 45.7 Å². The van der Waals surface area contributed by atoms with Crippen LogP contribution in [0.1, 0.15) is 74.1 Å². The van der Waals surface area contributed by atoms with Gasteiger partial charge >= 0.3 is 15.6 Å². The number of aliphatic hydroxyl groups is 1. The molecule has 0 aromatic rings. The van der Waals surface area contributed by atoms with Crippen molar-refractivity contribution in [2.24, 2.45) is 17.3 Å². The zero-order valence-corrected chi connectivity index (χ0v) is 25.5. The van der Waals surface area contributed by atoms with Crippen LogP contribution in [0.2, 0.25) is 16.6 Å². The fourth-order valence-corrected chi connectivity index (χ4v) is 14.3. The molecule has 2 heterocycles. The molecule has 222 valence electrons. The van der Waals surface area contributed by atoms with Crippen LogP contribution in [-0.2, 0) is 28.3 Å². The minimum Gasteiger partial charge on any atom is -0.416 e. The van der Waals surface area contributed by atoms with E-state index in [9.17, 15) is 31.5 Å². The molecule has 2 aliphatic carbocycles. The Labute approximate surface area is 230 Å². The van der Waals surface area contributed by atoms with Gasteiger partial charge in [0.05, 0.1) is 5.92 Å². The molecule has 12 heteroatoms. The number of carbonyl (C=O) groups excluding carboxylic acids is 1. The van der Waals surface area contributed by atoms with E-state index in [1.54, 1.807) is 19.1 Å². The molecule has 0 aromatic heterocycles. The Kier molecular flexibility index (Phi) is 7.62. The summed E-state index contributed by atoms with van der Waals surface area (Å²) in [4.78, 5) is 13.5. The van der Waals surface area contributed by atoms with Crippen LogP contribution in [0.15, 0.2) is 24.0 Å². The summed E-state index contributed by atoms with van der Waals surface area (Å²) in [6.45, 7) is 15.0. The predicted octanol–water partition coefficient (Wildman–Crippen LogP) is 5.76. The summed E-state index contributed by atoms with van der Waals surface area (Å²) < 4.78 is 80.9. The fraction of sp³-hybridized carbons (Fsp3) is 0.815. The van der Waals surface area contributed by atoms with Crippen LogP contribution in [0.3, 0.4) is 0 Å². The lowest BCUT2D eigenvalue weighted by atomic mass is 9.55. The summed E-state index contributed by atoms with van der Waals surface area (Å²) >= 11 is 0. The van der Waals surface area contributed by atoms with Crippen molar-refractivity contribution < 1.29 is 44.8 Å². The summed E-state index contributed by atoms with van der Waals surface area (Å²) in [5.41, 5.74) is -8.12. The van der Waals surface area contributed by atoms with E-state index in [0.29, 0.717) is 16.6 Å². The average Bonchev–Trinajstić information content (AvgIpc) is 3.32. The molecule has 0 radical (unpaired) electrons. The Balaban J connectivity index is 1.60. The van der Waals surface area contributed by atoms with Gasteiger partial charge in [0.1, 0.15) is 23.1 Å². The first kappa shape index (κ1) is 30.7. The third kappa shape index (κ3) is 4.38. The molecular formula is C27H41F3O7SSi. The maximum absolute atomic E-state index is 13.5. The monoisotopic (exact) mass is 594 g/mol.